The zero-order chi connectivity index (χ0) is 64.7. The number of aliphatic hydroxyl groups excluding tert-OH is 1. The Bertz CT molecular complexity index is 1730. The van der Waals surface area contributed by atoms with Crippen molar-refractivity contribution in [2.45, 2.75) is 350 Å². The van der Waals surface area contributed by atoms with Crippen LogP contribution in [0.1, 0.15) is 331 Å². The van der Waals surface area contributed by atoms with Gasteiger partial charge < -0.3 is 33.8 Å². The number of unbranched alkanes of at least 4 members (excludes halogenated alkanes) is 29. The Morgan fingerprint density at radius 2 is 0.552 bits per heavy atom. The molecule has 0 aliphatic heterocycles. The number of carbonyl (C=O) groups is 4. The molecule has 0 saturated carbocycles. The Morgan fingerprint density at radius 3 is 0.816 bits per heavy atom. The number of ether oxygens (including phenoxy) is 4. The maximum atomic E-state index is 13.0. The zero-order valence-corrected chi connectivity index (χ0v) is 58.4. The molecule has 0 aliphatic carbocycles. The molecule has 0 aromatic heterocycles. The van der Waals surface area contributed by atoms with Crippen LogP contribution in [-0.4, -0.2) is 96.7 Å². The largest absolute Gasteiger partial charge is 0.472 e. The molecular formula is C68H132O17P2. The first kappa shape index (κ1) is 85.1. The molecule has 0 fully saturated rings. The predicted molar refractivity (Wildman–Crippen MR) is 349 cm³/mol. The molecule has 516 valence electrons. The minimum Gasteiger partial charge on any atom is -0.462 e. The van der Waals surface area contributed by atoms with E-state index in [1.54, 1.807) is 0 Å². The predicted octanol–water partition coefficient (Wildman–Crippen LogP) is 18.9. The first-order chi connectivity index (χ1) is 41.7. The summed E-state index contributed by atoms with van der Waals surface area (Å²) >= 11 is 0. The minimum atomic E-state index is -4.95. The van der Waals surface area contributed by atoms with E-state index in [0.717, 1.165) is 120 Å². The Balaban J connectivity index is 5.24. The van der Waals surface area contributed by atoms with Crippen molar-refractivity contribution >= 4 is 39.5 Å². The third kappa shape index (κ3) is 60.1. The first-order valence-electron chi connectivity index (χ1n) is 35.3. The van der Waals surface area contributed by atoms with Gasteiger partial charge in [-0.05, 0) is 49.4 Å². The summed E-state index contributed by atoms with van der Waals surface area (Å²) in [5, 5.41) is 10.6. The van der Waals surface area contributed by atoms with Crippen LogP contribution in [0, 0.1) is 23.7 Å². The van der Waals surface area contributed by atoms with Crippen LogP contribution in [0.25, 0.3) is 0 Å². The van der Waals surface area contributed by atoms with Gasteiger partial charge in [0, 0.05) is 25.7 Å². The van der Waals surface area contributed by atoms with Crippen molar-refractivity contribution < 1.29 is 80.2 Å². The van der Waals surface area contributed by atoms with Crippen LogP contribution >= 0.6 is 15.6 Å². The van der Waals surface area contributed by atoms with Crippen LogP contribution in [-0.2, 0) is 65.4 Å². The molecule has 0 bridgehead atoms. The SMILES string of the molecule is CCC(C)CCCCCCCCC(=O)OC[C@H](COP(=O)(O)OC[C@H](O)COP(=O)(O)OC[C@@H](COC(=O)CCCCCCCCCCC(C)C)OC(=O)CCCCCCCCC(C)CC)OC(=O)CCCCCCCCCCCCCCCC(C)C. The lowest BCUT2D eigenvalue weighted by Crippen LogP contribution is -2.30. The monoisotopic (exact) mass is 1280 g/mol. The second-order valence-corrected chi connectivity index (χ2v) is 28.9. The molecule has 0 aromatic rings. The molecule has 17 nitrogen and oxygen atoms in total. The van der Waals surface area contributed by atoms with Crippen molar-refractivity contribution in [2.75, 3.05) is 39.6 Å². The van der Waals surface area contributed by atoms with Crippen molar-refractivity contribution in [3.63, 3.8) is 0 Å². The molecule has 0 amide bonds. The van der Waals surface area contributed by atoms with Crippen LogP contribution in [0.4, 0.5) is 0 Å². The molecule has 0 saturated heterocycles. The van der Waals surface area contributed by atoms with Crippen LogP contribution < -0.4 is 0 Å². The fourth-order valence-electron chi connectivity index (χ4n) is 10.1. The van der Waals surface area contributed by atoms with Crippen molar-refractivity contribution in [2.24, 2.45) is 23.7 Å². The molecule has 87 heavy (non-hydrogen) atoms. The summed E-state index contributed by atoms with van der Waals surface area (Å²) in [6.07, 6.45) is 39.0. The van der Waals surface area contributed by atoms with Crippen LogP contribution in [0.15, 0.2) is 0 Å². The highest BCUT2D eigenvalue weighted by Gasteiger charge is 2.30. The van der Waals surface area contributed by atoms with Gasteiger partial charge in [0.05, 0.1) is 26.4 Å². The van der Waals surface area contributed by atoms with E-state index in [4.69, 9.17) is 37.0 Å². The number of phosphoric ester groups is 2. The molecule has 3 N–H and O–H groups in total. The van der Waals surface area contributed by atoms with E-state index in [1.807, 2.05) is 0 Å². The van der Waals surface area contributed by atoms with Crippen LogP contribution in [0.5, 0.6) is 0 Å². The Hall–Kier alpha value is -1.94. The highest BCUT2D eigenvalue weighted by Crippen LogP contribution is 2.45. The standard InChI is InChI=1S/C68H132O17P2/c1-9-60(7)46-38-30-24-26-33-41-49-66(71)79-55-63(84-67(72)50-42-34-23-17-15-13-11-12-14-16-20-28-36-44-58(3)4)56-82-86(74,75)80-52-62(69)53-81-87(76,77)83-57-64(85-68(73)51-43-35-27-25-31-39-47-61(8)10-2)54-78-65(70)48-40-32-22-19-18-21-29-37-45-59(5)6/h58-64,69H,9-57H2,1-8H3,(H,74,75)(H,76,77)/t60?,61?,62-,63+,64+/m0/s1. The number of hydrogen-bond donors (Lipinski definition) is 3. The summed E-state index contributed by atoms with van der Waals surface area (Å²) in [5.41, 5.74) is 0. The number of carbonyl (C=O) groups excluding carboxylic acids is 4. The van der Waals surface area contributed by atoms with Gasteiger partial charge in [0.15, 0.2) is 12.2 Å². The van der Waals surface area contributed by atoms with Gasteiger partial charge in [0.1, 0.15) is 19.3 Å². The number of hydrogen-bond acceptors (Lipinski definition) is 15. The van der Waals surface area contributed by atoms with E-state index in [-0.39, 0.29) is 25.7 Å². The highest BCUT2D eigenvalue weighted by molar-refractivity contribution is 7.47. The number of esters is 4. The molecular weight excluding hydrogens is 1150 g/mol. The van der Waals surface area contributed by atoms with Gasteiger partial charge in [-0.25, -0.2) is 9.13 Å². The lowest BCUT2D eigenvalue weighted by Gasteiger charge is -2.21. The maximum Gasteiger partial charge on any atom is 0.472 e. The molecule has 0 rings (SSSR count). The fourth-order valence-corrected chi connectivity index (χ4v) is 11.7. The molecule has 19 heteroatoms. The number of rotatable bonds is 65. The fraction of sp³-hybridized carbons (Fsp3) is 0.941. The van der Waals surface area contributed by atoms with Gasteiger partial charge in [0.25, 0.3) is 0 Å². The Kier molecular flexibility index (Phi) is 56.6. The molecule has 0 spiro atoms. The van der Waals surface area contributed by atoms with Crippen molar-refractivity contribution in [3.8, 4) is 0 Å². The quantitative estimate of drug-likeness (QED) is 0.0222. The third-order valence-corrected chi connectivity index (χ3v) is 18.2. The smallest absolute Gasteiger partial charge is 0.462 e. The van der Waals surface area contributed by atoms with E-state index in [2.05, 4.69) is 55.4 Å². The summed E-state index contributed by atoms with van der Waals surface area (Å²) < 4.78 is 68.2. The topological polar surface area (TPSA) is 237 Å². The summed E-state index contributed by atoms with van der Waals surface area (Å²) in [7, 11) is -9.90. The number of aliphatic hydroxyl groups is 1. The van der Waals surface area contributed by atoms with E-state index >= 15 is 0 Å². The van der Waals surface area contributed by atoms with Crippen molar-refractivity contribution in [1.82, 2.24) is 0 Å². The van der Waals surface area contributed by atoms with E-state index in [1.165, 1.54) is 128 Å². The Morgan fingerprint density at radius 1 is 0.322 bits per heavy atom. The van der Waals surface area contributed by atoms with E-state index in [0.29, 0.717) is 25.7 Å². The summed E-state index contributed by atoms with van der Waals surface area (Å²) in [4.78, 5) is 72.4. The van der Waals surface area contributed by atoms with Gasteiger partial charge in [0.2, 0.25) is 0 Å². The molecule has 0 heterocycles. The van der Waals surface area contributed by atoms with Gasteiger partial charge >= 0.3 is 39.5 Å². The maximum absolute atomic E-state index is 13.0. The van der Waals surface area contributed by atoms with Gasteiger partial charge in [-0.1, -0.05) is 280 Å². The van der Waals surface area contributed by atoms with E-state index in [9.17, 15) is 43.2 Å². The number of phosphoric acid groups is 2. The molecule has 0 aliphatic rings. The minimum absolute atomic E-state index is 0.102. The van der Waals surface area contributed by atoms with Gasteiger partial charge in [-0.2, -0.15) is 0 Å². The zero-order valence-electron chi connectivity index (χ0n) is 56.6. The molecule has 0 radical (unpaired) electrons. The third-order valence-electron chi connectivity index (χ3n) is 16.3. The van der Waals surface area contributed by atoms with Crippen LogP contribution in [0.2, 0.25) is 0 Å². The summed E-state index contributed by atoms with van der Waals surface area (Å²) in [6, 6.07) is 0. The Labute approximate surface area is 530 Å². The normalized spacial score (nSPS) is 15.0. The first-order valence-corrected chi connectivity index (χ1v) is 38.3. The molecule has 0 aromatic carbocycles. The van der Waals surface area contributed by atoms with Crippen molar-refractivity contribution in [1.29, 1.82) is 0 Å². The van der Waals surface area contributed by atoms with Gasteiger partial charge in [-0.15, -0.1) is 0 Å². The van der Waals surface area contributed by atoms with Gasteiger partial charge in [-0.3, -0.25) is 37.3 Å². The summed E-state index contributed by atoms with van der Waals surface area (Å²) in [5.74, 6) is 0.828. The van der Waals surface area contributed by atoms with E-state index < -0.39 is 97.5 Å². The molecule has 7 atom stereocenters. The summed E-state index contributed by atoms with van der Waals surface area (Å²) in [6.45, 7) is 14.0. The average Bonchev–Trinajstić information content (AvgIpc) is 3.70. The highest BCUT2D eigenvalue weighted by atomic mass is 31.2. The lowest BCUT2D eigenvalue weighted by atomic mass is 10.00. The lowest BCUT2D eigenvalue weighted by molar-refractivity contribution is -0.161. The van der Waals surface area contributed by atoms with Crippen LogP contribution in [0.3, 0.4) is 0 Å². The van der Waals surface area contributed by atoms with Crippen molar-refractivity contribution in [3.05, 3.63) is 0 Å². The second-order valence-electron chi connectivity index (χ2n) is 26.0. The second kappa shape index (κ2) is 57.9. The molecule has 4 unspecified atom stereocenters. The average molecular weight is 1280 g/mol.